The molecule has 7 nitrogen and oxygen atoms in total. The molecule has 4 rings (SSSR count). The van der Waals surface area contributed by atoms with Crippen molar-refractivity contribution in [2.75, 3.05) is 31.5 Å². The molecule has 0 radical (unpaired) electrons. The maximum absolute atomic E-state index is 12.9. The first-order valence-electron chi connectivity index (χ1n) is 10.2. The normalized spacial score (nSPS) is 17.6. The number of nitrogens with zero attached hydrogens (tertiary/aromatic N) is 4. The second kappa shape index (κ2) is 8.57. The number of aryl methyl sites for hydroxylation is 1. The number of nitrogens with one attached hydrogen (secondary N) is 1. The predicted molar refractivity (Wildman–Crippen MR) is 115 cm³/mol. The average molecular weight is 460 g/mol. The fourth-order valence-corrected chi connectivity index (χ4v) is 4.45. The zero-order chi connectivity index (χ0) is 20.4. The first-order valence-corrected chi connectivity index (χ1v) is 11.0. The van der Waals surface area contributed by atoms with Gasteiger partial charge in [-0.25, -0.2) is 9.48 Å². The van der Waals surface area contributed by atoms with Gasteiger partial charge in [0.1, 0.15) is 5.82 Å². The standard InChI is InChI=1S/C21H26BrN5O2/c1-15-13-19(27(24-15)18-6-4-5-17(22)14-18)23-20(28)16-7-11-26(12-8-16)21(29)25-9-2-3-10-25/h4-6,13-14,16H,2-3,7-12H2,1H3,(H,23,28). The van der Waals surface area contributed by atoms with Crippen LogP contribution >= 0.6 is 15.9 Å². The van der Waals surface area contributed by atoms with Crippen molar-refractivity contribution in [1.29, 1.82) is 0 Å². The van der Waals surface area contributed by atoms with E-state index in [0.717, 1.165) is 41.8 Å². The monoisotopic (exact) mass is 459 g/mol. The van der Waals surface area contributed by atoms with Gasteiger partial charge in [-0.1, -0.05) is 22.0 Å². The summed E-state index contributed by atoms with van der Waals surface area (Å²) in [5.41, 5.74) is 1.72. The number of urea groups is 1. The second-order valence-corrected chi connectivity index (χ2v) is 8.71. The molecule has 1 aromatic carbocycles. The van der Waals surface area contributed by atoms with Crippen LogP contribution in [0.1, 0.15) is 31.4 Å². The van der Waals surface area contributed by atoms with Gasteiger partial charge < -0.3 is 15.1 Å². The Morgan fingerprint density at radius 2 is 1.76 bits per heavy atom. The minimum absolute atomic E-state index is 0.00517. The van der Waals surface area contributed by atoms with Crippen LogP contribution < -0.4 is 5.32 Å². The molecule has 2 aromatic rings. The van der Waals surface area contributed by atoms with Gasteiger partial charge in [-0.3, -0.25) is 4.79 Å². The summed E-state index contributed by atoms with van der Waals surface area (Å²) in [5, 5.41) is 7.57. The van der Waals surface area contributed by atoms with Crippen molar-refractivity contribution in [2.24, 2.45) is 5.92 Å². The van der Waals surface area contributed by atoms with E-state index in [1.165, 1.54) is 0 Å². The van der Waals surface area contributed by atoms with E-state index in [0.29, 0.717) is 31.7 Å². The quantitative estimate of drug-likeness (QED) is 0.758. The molecule has 8 heteroatoms. The summed E-state index contributed by atoms with van der Waals surface area (Å²) < 4.78 is 2.71. The molecule has 0 bridgehead atoms. The van der Waals surface area contributed by atoms with Crippen molar-refractivity contribution in [3.63, 3.8) is 0 Å². The lowest BCUT2D eigenvalue weighted by atomic mass is 9.96. The zero-order valence-electron chi connectivity index (χ0n) is 16.6. The molecule has 154 valence electrons. The molecule has 1 aromatic heterocycles. The van der Waals surface area contributed by atoms with E-state index < -0.39 is 0 Å². The smallest absolute Gasteiger partial charge is 0.319 e. The summed E-state index contributed by atoms with van der Waals surface area (Å²) >= 11 is 3.48. The van der Waals surface area contributed by atoms with E-state index in [2.05, 4.69) is 26.3 Å². The Morgan fingerprint density at radius 1 is 1.07 bits per heavy atom. The van der Waals surface area contributed by atoms with Crippen molar-refractivity contribution < 1.29 is 9.59 Å². The van der Waals surface area contributed by atoms with Crippen molar-refractivity contribution in [2.45, 2.75) is 32.6 Å². The Kier molecular flexibility index (Phi) is 5.89. The van der Waals surface area contributed by atoms with Crippen LogP contribution in [0.3, 0.4) is 0 Å². The topological polar surface area (TPSA) is 70.5 Å². The Balaban J connectivity index is 1.39. The van der Waals surface area contributed by atoms with Crippen LogP contribution in [-0.4, -0.2) is 57.7 Å². The lowest BCUT2D eigenvalue weighted by Gasteiger charge is -2.34. The van der Waals surface area contributed by atoms with Crippen LogP contribution in [0, 0.1) is 12.8 Å². The summed E-state index contributed by atoms with van der Waals surface area (Å²) in [5.74, 6) is 0.569. The number of halogens is 1. The number of rotatable bonds is 3. The zero-order valence-corrected chi connectivity index (χ0v) is 18.2. The lowest BCUT2D eigenvalue weighted by Crippen LogP contribution is -2.47. The third-order valence-electron chi connectivity index (χ3n) is 5.65. The number of benzene rings is 1. The average Bonchev–Trinajstić information content (AvgIpc) is 3.37. The van der Waals surface area contributed by atoms with Crippen LogP contribution in [0.2, 0.25) is 0 Å². The maximum Gasteiger partial charge on any atom is 0.319 e. The minimum Gasteiger partial charge on any atom is -0.325 e. The number of carbonyl (C=O) groups excluding carboxylic acids is 2. The molecule has 0 aliphatic carbocycles. The molecule has 0 spiro atoms. The van der Waals surface area contributed by atoms with E-state index in [9.17, 15) is 9.59 Å². The second-order valence-electron chi connectivity index (χ2n) is 7.79. The molecule has 0 atom stereocenters. The first-order chi connectivity index (χ1) is 14.0. The molecule has 2 aliphatic rings. The molecule has 3 heterocycles. The van der Waals surface area contributed by atoms with Gasteiger partial charge in [0.15, 0.2) is 0 Å². The highest BCUT2D eigenvalue weighted by molar-refractivity contribution is 9.10. The third-order valence-corrected chi connectivity index (χ3v) is 6.14. The predicted octanol–water partition coefficient (Wildman–Crippen LogP) is 3.81. The summed E-state index contributed by atoms with van der Waals surface area (Å²) in [6.45, 7) is 4.90. The molecule has 2 aliphatic heterocycles. The molecular weight excluding hydrogens is 434 g/mol. The summed E-state index contributed by atoms with van der Waals surface area (Å²) in [7, 11) is 0. The minimum atomic E-state index is -0.0937. The molecule has 0 unspecified atom stereocenters. The van der Waals surface area contributed by atoms with Gasteiger partial charge in [0, 0.05) is 42.6 Å². The van der Waals surface area contributed by atoms with E-state index in [-0.39, 0.29) is 17.9 Å². The Bertz CT molecular complexity index is 898. The van der Waals surface area contributed by atoms with Gasteiger partial charge in [-0.15, -0.1) is 0 Å². The van der Waals surface area contributed by atoms with E-state index in [1.807, 2.05) is 47.1 Å². The Morgan fingerprint density at radius 3 is 2.45 bits per heavy atom. The van der Waals surface area contributed by atoms with E-state index in [1.54, 1.807) is 4.68 Å². The number of carbonyl (C=O) groups is 2. The Hall–Kier alpha value is -2.35. The van der Waals surface area contributed by atoms with E-state index >= 15 is 0 Å². The van der Waals surface area contributed by atoms with Gasteiger partial charge in [0.05, 0.1) is 11.4 Å². The molecule has 2 saturated heterocycles. The number of anilines is 1. The number of piperidine rings is 1. The van der Waals surface area contributed by atoms with Crippen molar-refractivity contribution >= 4 is 33.7 Å². The van der Waals surface area contributed by atoms with Crippen molar-refractivity contribution in [3.8, 4) is 5.69 Å². The largest absolute Gasteiger partial charge is 0.325 e. The van der Waals surface area contributed by atoms with Gasteiger partial charge in [-0.05, 0) is 50.8 Å². The number of hydrogen-bond donors (Lipinski definition) is 1. The van der Waals surface area contributed by atoms with E-state index in [4.69, 9.17) is 0 Å². The molecule has 3 amide bonds. The number of amides is 3. The summed E-state index contributed by atoms with van der Waals surface area (Å²) in [4.78, 5) is 29.2. The summed E-state index contributed by atoms with van der Waals surface area (Å²) in [6, 6.07) is 9.82. The van der Waals surface area contributed by atoms with Gasteiger partial charge in [-0.2, -0.15) is 5.10 Å². The highest BCUT2D eigenvalue weighted by Gasteiger charge is 2.30. The number of hydrogen-bond acceptors (Lipinski definition) is 3. The van der Waals surface area contributed by atoms with Crippen LogP contribution in [0.4, 0.5) is 10.6 Å². The maximum atomic E-state index is 12.9. The third kappa shape index (κ3) is 4.47. The van der Waals surface area contributed by atoms with Gasteiger partial charge in [0.25, 0.3) is 0 Å². The van der Waals surface area contributed by atoms with Gasteiger partial charge >= 0.3 is 6.03 Å². The molecule has 0 saturated carbocycles. The molecular formula is C21H26BrN5O2. The lowest BCUT2D eigenvalue weighted by molar-refractivity contribution is -0.121. The number of likely N-dealkylation sites (tertiary alicyclic amines) is 2. The molecule has 2 fully saturated rings. The number of aromatic nitrogens is 2. The molecule has 1 N–H and O–H groups in total. The van der Waals surface area contributed by atoms with Crippen LogP contribution in [-0.2, 0) is 4.79 Å². The van der Waals surface area contributed by atoms with Crippen LogP contribution in [0.5, 0.6) is 0 Å². The fraction of sp³-hybridized carbons (Fsp3) is 0.476. The summed E-state index contributed by atoms with van der Waals surface area (Å²) in [6.07, 6.45) is 3.57. The van der Waals surface area contributed by atoms with Crippen molar-refractivity contribution in [3.05, 3.63) is 40.5 Å². The highest BCUT2D eigenvalue weighted by Crippen LogP contribution is 2.24. The Labute approximate surface area is 179 Å². The van der Waals surface area contributed by atoms with Gasteiger partial charge in [0.2, 0.25) is 5.91 Å². The fourth-order valence-electron chi connectivity index (χ4n) is 4.06. The van der Waals surface area contributed by atoms with Crippen molar-refractivity contribution in [1.82, 2.24) is 19.6 Å². The molecule has 29 heavy (non-hydrogen) atoms. The van der Waals surface area contributed by atoms with Crippen LogP contribution in [0.15, 0.2) is 34.8 Å². The highest BCUT2D eigenvalue weighted by atomic mass is 79.9. The SMILES string of the molecule is Cc1cc(NC(=O)C2CCN(C(=O)N3CCCC3)CC2)n(-c2cccc(Br)c2)n1. The van der Waals surface area contributed by atoms with Crippen LogP contribution in [0.25, 0.3) is 5.69 Å². The first kappa shape index (κ1) is 19.9.